The van der Waals surface area contributed by atoms with Crippen molar-refractivity contribution in [3.05, 3.63) is 84.1 Å². The van der Waals surface area contributed by atoms with Crippen LogP contribution in [-0.2, 0) is 5.41 Å². The first-order valence-corrected chi connectivity index (χ1v) is 13.3. The Morgan fingerprint density at radius 1 is 1.07 bits per heavy atom. The molecular weight excluding hydrogens is 563 g/mol. The summed E-state index contributed by atoms with van der Waals surface area (Å²) in [5.74, 6) is 0.0362. The number of nitrogens with one attached hydrogen (secondary N) is 2. The Kier molecular flexibility index (Phi) is 6.63. The number of phenols is 1. The number of ether oxygens (including phenoxy) is 1. The van der Waals surface area contributed by atoms with E-state index in [-0.39, 0.29) is 11.4 Å². The van der Waals surface area contributed by atoms with Crippen molar-refractivity contribution in [3.8, 4) is 23.0 Å². The number of hydrogen-bond acceptors (Lipinski definition) is 7. The summed E-state index contributed by atoms with van der Waals surface area (Å²) in [4.78, 5) is 23.9. The second kappa shape index (κ2) is 10.2. The van der Waals surface area contributed by atoms with E-state index in [2.05, 4.69) is 39.2 Å². The average Bonchev–Trinajstić information content (AvgIpc) is 3.48. The van der Waals surface area contributed by atoms with Gasteiger partial charge in [-0.3, -0.25) is 0 Å². The van der Waals surface area contributed by atoms with Crippen LogP contribution in [0.4, 0.5) is 40.7 Å². The van der Waals surface area contributed by atoms with Crippen LogP contribution in [0.1, 0.15) is 25.0 Å². The van der Waals surface area contributed by atoms with Crippen LogP contribution < -0.4 is 20.3 Å². The zero-order chi connectivity index (χ0) is 30.5. The van der Waals surface area contributed by atoms with Gasteiger partial charge in [0, 0.05) is 29.4 Å². The number of carbonyl (C=O) groups is 1. The van der Waals surface area contributed by atoms with Gasteiger partial charge in [0.2, 0.25) is 11.6 Å². The minimum atomic E-state index is -4.81. The summed E-state index contributed by atoms with van der Waals surface area (Å²) in [7, 11) is 0. The molecule has 1 aliphatic rings. The lowest BCUT2D eigenvalue weighted by Gasteiger charge is -2.25. The molecule has 0 atom stereocenters. The van der Waals surface area contributed by atoms with Crippen molar-refractivity contribution in [3.63, 3.8) is 0 Å². The molecule has 3 heterocycles. The maximum Gasteiger partial charge on any atom is 0.573 e. The molecule has 220 valence electrons. The minimum absolute atomic E-state index is 0.0508. The van der Waals surface area contributed by atoms with Gasteiger partial charge < -0.3 is 29.8 Å². The number of aromatic nitrogens is 2. The molecular formula is C31H26F3N5O4. The van der Waals surface area contributed by atoms with E-state index in [9.17, 15) is 23.1 Å². The third kappa shape index (κ3) is 5.51. The number of phenolic OH excluding ortho intramolecular Hbond substituents is 1. The smallest absolute Gasteiger partial charge is 0.506 e. The number of halogens is 3. The van der Waals surface area contributed by atoms with Crippen LogP contribution in [-0.4, -0.2) is 34.0 Å². The Hall–Kier alpha value is -5.26. The number of nitrogens with zero attached hydrogens (tertiary/aromatic N) is 3. The van der Waals surface area contributed by atoms with Gasteiger partial charge in [-0.05, 0) is 72.6 Å². The number of alkyl halides is 3. The molecule has 0 aliphatic carbocycles. The molecule has 3 aromatic carbocycles. The molecule has 0 bridgehead atoms. The van der Waals surface area contributed by atoms with Crippen molar-refractivity contribution >= 4 is 40.0 Å². The quantitative estimate of drug-likeness (QED) is 0.191. The zero-order valence-electron chi connectivity index (χ0n) is 23.3. The molecule has 12 heteroatoms. The van der Waals surface area contributed by atoms with Gasteiger partial charge in [-0.25, -0.2) is 14.8 Å². The number of fused-ring (bicyclic) bond motifs is 2. The average molecular weight is 590 g/mol. The Morgan fingerprint density at radius 2 is 1.81 bits per heavy atom. The number of aromatic hydroxyl groups is 1. The van der Waals surface area contributed by atoms with Crippen LogP contribution in [0, 0.1) is 6.92 Å². The molecule has 3 N–H and O–H groups in total. The predicted octanol–water partition coefficient (Wildman–Crippen LogP) is 7.88. The summed E-state index contributed by atoms with van der Waals surface area (Å²) in [6.07, 6.45) is -3.10. The SMILES string of the molecule is Cc1cnc2oc(-c3ccc(O)c4c3C(C)(C)CN4c3ccccc3NC(=O)Nc3ccc(OC(F)(F)F)cc3)nc2c1. The number of anilines is 4. The second-order valence-corrected chi connectivity index (χ2v) is 10.9. The number of amides is 2. The van der Waals surface area contributed by atoms with Gasteiger partial charge in [-0.15, -0.1) is 13.2 Å². The maximum absolute atomic E-state index is 12.9. The molecule has 2 aromatic heterocycles. The van der Waals surface area contributed by atoms with Gasteiger partial charge in [0.05, 0.1) is 17.1 Å². The van der Waals surface area contributed by atoms with Gasteiger partial charge in [0.25, 0.3) is 0 Å². The predicted molar refractivity (Wildman–Crippen MR) is 156 cm³/mol. The van der Waals surface area contributed by atoms with E-state index >= 15 is 0 Å². The first kappa shape index (κ1) is 27.9. The second-order valence-electron chi connectivity index (χ2n) is 10.9. The van der Waals surface area contributed by atoms with E-state index in [0.29, 0.717) is 40.7 Å². The molecule has 6 rings (SSSR count). The van der Waals surface area contributed by atoms with Gasteiger partial charge >= 0.3 is 12.4 Å². The fraction of sp³-hybridized carbons (Fsp3) is 0.194. The number of aryl methyl sites for hydroxylation is 1. The zero-order valence-corrected chi connectivity index (χ0v) is 23.3. The first-order valence-electron chi connectivity index (χ1n) is 13.3. The molecule has 5 aromatic rings. The van der Waals surface area contributed by atoms with Crippen molar-refractivity contribution in [1.82, 2.24) is 9.97 Å². The van der Waals surface area contributed by atoms with E-state index in [1.807, 2.05) is 30.0 Å². The highest BCUT2D eigenvalue weighted by Crippen LogP contribution is 2.53. The largest absolute Gasteiger partial charge is 0.573 e. The molecule has 0 radical (unpaired) electrons. The van der Waals surface area contributed by atoms with Crippen LogP contribution in [0.2, 0.25) is 0 Å². The van der Waals surface area contributed by atoms with E-state index in [4.69, 9.17) is 4.42 Å². The maximum atomic E-state index is 12.9. The topological polar surface area (TPSA) is 113 Å². The Morgan fingerprint density at radius 3 is 2.56 bits per heavy atom. The fourth-order valence-electron chi connectivity index (χ4n) is 5.35. The highest BCUT2D eigenvalue weighted by molar-refractivity contribution is 6.03. The lowest BCUT2D eigenvalue weighted by Crippen LogP contribution is -2.27. The van der Waals surface area contributed by atoms with E-state index in [1.165, 1.54) is 12.1 Å². The summed E-state index contributed by atoms with van der Waals surface area (Å²) >= 11 is 0. The highest BCUT2D eigenvalue weighted by Gasteiger charge is 2.41. The Labute approximate surface area is 243 Å². The molecule has 0 saturated heterocycles. The van der Waals surface area contributed by atoms with Crippen molar-refractivity contribution in [1.29, 1.82) is 0 Å². The summed E-state index contributed by atoms with van der Waals surface area (Å²) < 4.78 is 47.3. The van der Waals surface area contributed by atoms with Crippen molar-refractivity contribution in [2.45, 2.75) is 32.5 Å². The van der Waals surface area contributed by atoms with Crippen LogP contribution >= 0.6 is 0 Å². The number of oxazole rings is 1. The summed E-state index contributed by atoms with van der Waals surface area (Å²) in [6.45, 7) is 6.49. The molecule has 43 heavy (non-hydrogen) atoms. The molecule has 0 unspecified atom stereocenters. The molecule has 9 nitrogen and oxygen atoms in total. The number of urea groups is 1. The van der Waals surface area contributed by atoms with Crippen molar-refractivity contribution in [2.24, 2.45) is 0 Å². The number of para-hydroxylation sites is 2. The Balaban J connectivity index is 1.31. The van der Waals surface area contributed by atoms with Crippen molar-refractivity contribution < 1.29 is 32.2 Å². The minimum Gasteiger partial charge on any atom is -0.506 e. The number of hydrogen-bond donors (Lipinski definition) is 3. The van der Waals surface area contributed by atoms with Crippen LogP contribution in [0.15, 0.2) is 77.3 Å². The molecule has 1 aliphatic heterocycles. The molecule has 0 spiro atoms. The first-order chi connectivity index (χ1) is 20.4. The van der Waals surface area contributed by atoms with Gasteiger partial charge in [0.1, 0.15) is 17.0 Å². The summed E-state index contributed by atoms with van der Waals surface area (Å²) in [6, 6.07) is 16.6. The molecule has 0 saturated carbocycles. The Bertz CT molecular complexity index is 1850. The number of benzene rings is 3. The van der Waals surface area contributed by atoms with Crippen LogP contribution in [0.3, 0.4) is 0 Å². The van der Waals surface area contributed by atoms with E-state index in [0.717, 1.165) is 28.8 Å². The summed E-state index contributed by atoms with van der Waals surface area (Å²) in [5, 5.41) is 16.5. The normalized spacial score (nSPS) is 14.0. The summed E-state index contributed by atoms with van der Waals surface area (Å²) in [5.41, 5.74) is 4.98. The van der Waals surface area contributed by atoms with Gasteiger partial charge in [-0.1, -0.05) is 26.0 Å². The third-order valence-electron chi connectivity index (χ3n) is 7.06. The van der Waals surface area contributed by atoms with Gasteiger partial charge in [0.15, 0.2) is 0 Å². The lowest BCUT2D eigenvalue weighted by atomic mass is 9.83. The van der Waals surface area contributed by atoms with Crippen LogP contribution in [0.25, 0.3) is 22.7 Å². The van der Waals surface area contributed by atoms with E-state index in [1.54, 1.807) is 30.5 Å². The standard InChI is InChI=1S/C31H26F3N5O4/c1-17-14-22-28(35-15-17)42-27(37-22)20-12-13-24(40)26-25(20)30(2,3)16-39(26)23-7-5-4-6-21(23)38-29(41)36-18-8-10-19(11-9-18)43-31(32,33)34/h4-15,40H,16H2,1-3H3,(H2,36,38,41). The number of pyridine rings is 1. The molecule has 0 fully saturated rings. The third-order valence-corrected chi connectivity index (χ3v) is 7.06. The number of rotatable bonds is 5. The lowest BCUT2D eigenvalue weighted by molar-refractivity contribution is -0.274. The number of carbonyl (C=O) groups excluding carboxylic acids is 1. The highest BCUT2D eigenvalue weighted by atomic mass is 19.4. The van der Waals surface area contributed by atoms with E-state index < -0.39 is 23.6 Å². The van der Waals surface area contributed by atoms with Crippen molar-refractivity contribution in [2.75, 3.05) is 22.1 Å². The monoisotopic (exact) mass is 589 g/mol. The molecule has 2 amide bonds. The van der Waals surface area contributed by atoms with Crippen LogP contribution in [0.5, 0.6) is 11.5 Å². The fourth-order valence-corrected chi connectivity index (χ4v) is 5.35. The van der Waals surface area contributed by atoms with Gasteiger partial charge in [-0.2, -0.15) is 0 Å².